The van der Waals surface area contributed by atoms with Crippen molar-refractivity contribution in [1.29, 1.82) is 0 Å². The summed E-state index contributed by atoms with van der Waals surface area (Å²) >= 11 is 0. The quantitative estimate of drug-likeness (QED) is 0.688. The summed E-state index contributed by atoms with van der Waals surface area (Å²) < 4.78 is 16.5. The lowest BCUT2D eigenvalue weighted by molar-refractivity contribution is -0.153. The van der Waals surface area contributed by atoms with Crippen LogP contribution < -0.4 is 9.47 Å². The topological polar surface area (TPSA) is 65.1 Å². The van der Waals surface area contributed by atoms with Crippen molar-refractivity contribution in [3.63, 3.8) is 0 Å². The van der Waals surface area contributed by atoms with Gasteiger partial charge in [0, 0.05) is 25.6 Å². The summed E-state index contributed by atoms with van der Waals surface area (Å²) in [6, 6.07) is 15.2. The van der Waals surface area contributed by atoms with E-state index in [2.05, 4.69) is 0 Å². The maximum absolute atomic E-state index is 12.1. The van der Waals surface area contributed by atoms with Crippen molar-refractivity contribution in [2.75, 3.05) is 20.3 Å². The van der Waals surface area contributed by atoms with Crippen LogP contribution in [0.2, 0.25) is 0 Å². The fourth-order valence-corrected chi connectivity index (χ4v) is 3.08. The Kier molecular flexibility index (Phi) is 5.87. The minimum atomic E-state index is -0.601. The van der Waals surface area contributed by atoms with E-state index in [9.17, 15) is 9.59 Å². The number of para-hydroxylation sites is 1. The number of carbonyl (C=O) groups excluding carboxylic acids is 2. The zero-order valence-electron chi connectivity index (χ0n) is 16.4. The Balaban J connectivity index is 1.45. The third-order valence-electron chi connectivity index (χ3n) is 4.45. The first kappa shape index (κ1) is 19.7. The number of likely N-dealkylation sites (N-methyl/N-ethyl adjacent to an activating group) is 1. The molecule has 0 radical (unpaired) electrons. The Morgan fingerprint density at radius 1 is 1.07 bits per heavy atom. The summed E-state index contributed by atoms with van der Waals surface area (Å²) in [5, 5.41) is 0. The number of fused-ring (bicyclic) bond motifs is 1. The molecule has 0 spiro atoms. The van der Waals surface area contributed by atoms with Crippen molar-refractivity contribution in [3.8, 4) is 11.5 Å². The van der Waals surface area contributed by atoms with Gasteiger partial charge in [0.05, 0.1) is 0 Å². The highest BCUT2D eigenvalue weighted by Crippen LogP contribution is 2.41. The number of nitrogens with zero attached hydrogens (tertiary/aromatic N) is 1. The Morgan fingerprint density at radius 3 is 2.57 bits per heavy atom. The molecule has 1 heterocycles. The van der Waals surface area contributed by atoms with Gasteiger partial charge in [-0.3, -0.25) is 4.79 Å². The third-order valence-corrected chi connectivity index (χ3v) is 4.45. The third kappa shape index (κ3) is 5.03. The van der Waals surface area contributed by atoms with Gasteiger partial charge in [0.25, 0.3) is 5.91 Å². The molecule has 0 fully saturated rings. The molecule has 0 unspecified atom stereocenters. The molecule has 1 amide bonds. The Hall–Kier alpha value is -3.02. The molecule has 0 atom stereocenters. The Bertz CT molecular complexity index is 847. The lowest BCUT2D eigenvalue weighted by Gasteiger charge is -2.18. The number of esters is 1. The number of carbonyl (C=O) groups is 2. The molecule has 2 aromatic carbocycles. The van der Waals surface area contributed by atoms with Gasteiger partial charge in [-0.25, -0.2) is 4.79 Å². The van der Waals surface area contributed by atoms with E-state index in [1.165, 1.54) is 4.90 Å². The molecule has 1 aliphatic rings. The van der Waals surface area contributed by atoms with Crippen molar-refractivity contribution in [2.24, 2.45) is 0 Å². The SMILES string of the molecule is CN(Cc1ccccc1)C(=O)COC(=O)COc1cccc2c1OC(C)(C)C2. The van der Waals surface area contributed by atoms with Crippen molar-refractivity contribution < 1.29 is 23.8 Å². The van der Waals surface area contributed by atoms with E-state index in [1.807, 2.05) is 56.3 Å². The van der Waals surface area contributed by atoms with Crippen molar-refractivity contribution in [3.05, 3.63) is 59.7 Å². The number of hydrogen-bond acceptors (Lipinski definition) is 5. The number of ether oxygens (including phenoxy) is 3. The first-order valence-corrected chi connectivity index (χ1v) is 9.21. The average molecular weight is 383 g/mol. The van der Waals surface area contributed by atoms with Crippen LogP contribution in [0.1, 0.15) is 25.0 Å². The van der Waals surface area contributed by atoms with Crippen molar-refractivity contribution >= 4 is 11.9 Å². The standard InChI is InChI=1S/C22H25NO5/c1-22(2)12-17-10-7-11-18(21(17)28-22)26-15-20(25)27-14-19(24)23(3)13-16-8-5-4-6-9-16/h4-11H,12-15H2,1-3H3. The molecule has 1 aliphatic heterocycles. The zero-order valence-corrected chi connectivity index (χ0v) is 16.4. The highest BCUT2D eigenvalue weighted by molar-refractivity contribution is 5.80. The van der Waals surface area contributed by atoms with Crippen molar-refractivity contribution in [1.82, 2.24) is 4.90 Å². The van der Waals surface area contributed by atoms with Gasteiger partial charge in [0.15, 0.2) is 24.7 Å². The van der Waals surface area contributed by atoms with Gasteiger partial charge in [-0.05, 0) is 25.5 Å². The summed E-state index contributed by atoms with van der Waals surface area (Å²) in [5.41, 5.74) is 1.76. The number of amides is 1. The lowest BCUT2D eigenvalue weighted by Crippen LogP contribution is -2.31. The van der Waals surface area contributed by atoms with Gasteiger partial charge < -0.3 is 19.1 Å². The highest BCUT2D eigenvalue weighted by Gasteiger charge is 2.32. The fraction of sp³-hybridized carbons (Fsp3) is 0.364. The fourth-order valence-electron chi connectivity index (χ4n) is 3.08. The second-order valence-electron chi connectivity index (χ2n) is 7.47. The molecule has 28 heavy (non-hydrogen) atoms. The van der Waals surface area contributed by atoms with E-state index < -0.39 is 5.97 Å². The number of rotatable bonds is 7. The van der Waals surface area contributed by atoms with Crippen LogP contribution in [0.5, 0.6) is 11.5 Å². The molecule has 2 aromatic rings. The van der Waals surface area contributed by atoms with E-state index in [4.69, 9.17) is 14.2 Å². The molecule has 148 valence electrons. The molecule has 0 aliphatic carbocycles. The van der Waals surface area contributed by atoms with Gasteiger partial charge in [0.1, 0.15) is 5.60 Å². The second kappa shape index (κ2) is 8.33. The van der Waals surface area contributed by atoms with Crippen LogP contribution in [0.15, 0.2) is 48.5 Å². The van der Waals surface area contributed by atoms with E-state index in [0.29, 0.717) is 18.0 Å². The molecule has 0 aromatic heterocycles. The second-order valence-corrected chi connectivity index (χ2v) is 7.47. The summed E-state index contributed by atoms with van der Waals surface area (Å²) in [7, 11) is 1.67. The zero-order chi connectivity index (χ0) is 20.1. The predicted molar refractivity (Wildman–Crippen MR) is 104 cm³/mol. The molecule has 0 saturated carbocycles. The van der Waals surface area contributed by atoms with Crippen LogP contribution >= 0.6 is 0 Å². The van der Waals surface area contributed by atoms with Crippen LogP contribution in [-0.4, -0.2) is 42.6 Å². The number of hydrogen-bond donors (Lipinski definition) is 0. The highest BCUT2D eigenvalue weighted by atomic mass is 16.6. The maximum atomic E-state index is 12.1. The van der Waals surface area contributed by atoms with Gasteiger partial charge in [-0.2, -0.15) is 0 Å². The number of benzene rings is 2. The molecule has 6 nitrogen and oxygen atoms in total. The van der Waals surface area contributed by atoms with E-state index in [1.54, 1.807) is 13.1 Å². The molecule has 0 N–H and O–H groups in total. The van der Waals surface area contributed by atoms with Crippen LogP contribution in [0.4, 0.5) is 0 Å². The largest absolute Gasteiger partial charge is 0.483 e. The average Bonchev–Trinajstić information content (AvgIpc) is 2.99. The summed E-state index contributed by atoms with van der Waals surface area (Å²) in [6.07, 6.45) is 0.784. The van der Waals surface area contributed by atoms with Crippen molar-refractivity contribution in [2.45, 2.75) is 32.4 Å². The summed E-state index contributed by atoms with van der Waals surface area (Å²) in [5.74, 6) is 0.297. The van der Waals surface area contributed by atoms with Gasteiger partial charge in [-0.15, -0.1) is 0 Å². The van der Waals surface area contributed by atoms with Crippen LogP contribution in [0.3, 0.4) is 0 Å². The van der Waals surface area contributed by atoms with E-state index >= 15 is 0 Å². The van der Waals surface area contributed by atoms with Gasteiger partial charge in [-0.1, -0.05) is 42.5 Å². The molecule has 3 rings (SSSR count). The van der Waals surface area contributed by atoms with Crippen LogP contribution in [0, 0.1) is 0 Å². The van der Waals surface area contributed by atoms with Gasteiger partial charge >= 0.3 is 5.97 Å². The van der Waals surface area contributed by atoms with Gasteiger partial charge in [0.2, 0.25) is 0 Å². The lowest BCUT2D eigenvalue weighted by atomic mass is 10.0. The van der Waals surface area contributed by atoms with Crippen LogP contribution in [-0.2, 0) is 27.3 Å². The van der Waals surface area contributed by atoms with E-state index in [-0.39, 0.29) is 24.7 Å². The summed E-state index contributed by atoms with van der Waals surface area (Å²) in [4.78, 5) is 25.6. The molecular weight excluding hydrogens is 358 g/mol. The summed E-state index contributed by atoms with van der Waals surface area (Å²) in [6.45, 7) is 3.86. The molecule has 0 saturated heterocycles. The van der Waals surface area contributed by atoms with E-state index in [0.717, 1.165) is 17.5 Å². The first-order valence-electron chi connectivity index (χ1n) is 9.21. The van der Waals surface area contributed by atoms with Crippen LogP contribution in [0.25, 0.3) is 0 Å². The predicted octanol–water partition coefficient (Wildman–Crippen LogP) is 2.98. The smallest absolute Gasteiger partial charge is 0.344 e. The molecule has 6 heteroatoms. The normalized spacial score (nSPS) is 14.0. The minimum absolute atomic E-state index is 0.275. The molecule has 0 bridgehead atoms. The first-order chi connectivity index (χ1) is 13.3. The Morgan fingerprint density at radius 2 is 1.82 bits per heavy atom. The Labute approximate surface area is 165 Å². The molecular formula is C22H25NO5. The monoisotopic (exact) mass is 383 g/mol. The maximum Gasteiger partial charge on any atom is 0.344 e. The minimum Gasteiger partial charge on any atom is -0.483 e.